The third-order valence-electron chi connectivity index (χ3n) is 2.45. The van der Waals surface area contributed by atoms with Crippen molar-refractivity contribution in [3.63, 3.8) is 0 Å². The number of carbonyl (C=O) groups is 1. The Labute approximate surface area is 107 Å². The number of esters is 1. The first-order valence-corrected chi connectivity index (χ1v) is 6.03. The molecule has 1 aromatic heterocycles. The maximum Gasteiger partial charge on any atom is 0.356 e. The monoisotopic (exact) mass is 297 g/mol. The molecule has 0 fully saturated rings. The predicted molar refractivity (Wildman–Crippen MR) is 67.5 cm³/mol. The molecule has 17 heavy (non-hydrogen) atoms. The number of hydrogen-bond acceptors (Lipinski definition) is 3. The Hall–Kier alpha value is -1.33. The molecule has 1 unspecified atom stereocenters. The Kier molecular flexibility index (Phi) is 3.49. The number of benzene rings is 1. The molecule has 0 saturated carbocycles. The van der Waals surface area contributed by atoms with E-state index in [1.54, 1.807) is 13.1 Å². The maximum atomic E-state index is 11.5. The number of halogens is 1. The molecule has 4 nitrogen and oxygen atoms in total. The summed E-state index contributed by atoms with van der Waals surface area (Å²) < 4.78 is 7.16. The topological polar surface area (TPSA) is 51.5 Å². The van der Waals surface area contributed by atoms with Gasteiger partial charge in [0, 0.05) is 10.7 Å². The second kappa shape index (κ2) is 4.89. The van der Waals surface area contributed by atoms with E-state index < -0.39 is 12.2 Å². The summed E-state index contributed by atoms with van der Waals surface area (Å²) in [4.78, 5) is 11.5. The molecular formula is C12H12BrNO3. The minimum Gasteiger partial charge on any atom is -0.463 e. The van der Waals surface area contributed by atoms with Gasteiger partial charge in [0.25, 0.3) is 0 Å². The van der Waals surface area contributed by atoms with Crippen LogP contribution in [0, 0.1) is 0 Å². The first kappa shape index (κ1) is 12.1. The molecule has 90 valence electrons. The zero-order valence-electron chi connectivity index (χ0n) is 9.26. The summed E-state index contributed by atoms with van der Waals surface area (Å²) in [5, 5.41) is 10.8. The van der Waals surface area contributed by atoms with Gasteiger partial charge in [-0.2, -0.15) is 0 Å². The van der Waals surface area contributed by atoms with Crippen molar-refractivity contribution in [3.8, 4) is 0 Å². The lowest BCUT2D eigenvalue weighted by atomic mass is 10.2. The molecule has 1 atom stereocenters. The highest BCUT2D eigenvalue weighted by Crippen LogP contribution is 2.23. The van der Waals surface area contributed by atoms with E-state index in [0.717, 1.165) is 15.4 Å². The number of fused-ring (bicyclic) bond motifs is 1. The van der Waals surface area contributed by atoms with E-state index in [1.165, 1.54) is 4.57 Å². The van der Waals surface area contributed by atoms with Gasteiger partial charge >= 0.3 is 5.97 Å². The fourth-order valence-electron chi connectivity index (χ4n) is 1.67. The van der Waals surface area contributed by atoms with Gasteiger partial charge in [0.15, 0.2) is 0 Å². The summed E-state index contributed by atoms with van der Waals surface area (Å²) in [6.45, 7) is 1.95. The van der Waals surface area contributed by atoms with Gasteiger partial charge in [-0.25, -0.2) is 4.79 Å². The van der Waals surface area contributed by atoms with Crippen LogP contribution in [0.1, 0.15) is 13.2 Å². The molecule has 1 N–H and O–H groups in total. The Bertz CT molecular complexity index is 550. The number of hydrogen-bond donors (Lipinski definition) is 1. The van der Waals surface area contributed by atoms with Crippen molar-refractivity contribution in [1.29, 1.82) is 0 Å². The zero-order chi connectivity index (χ0) is 12.4. The van der Waals surface area contributed by atoms with Gasteiger partial charge in [-0.05, 0) is 30.5 Å². The van der Waals surface area contributed by atoms with Crippen LogP contribution in [-0.2, 0) is 9.53 Å². The lowest BCUT2D eigenvalue weighted by Crippen LogP contribution is -2.20. The zero-order valence-corrected chi connectivity index (χ0v) is 10.8. The molecule has 2 aromatic rings. The van der Waals surface area contributed by atoms with E-state index in [4.69, 9.17) is 4.74 Å². The standard InChI is InChI=1S/C12H12BrNO3/c1-2-17-12(16)11(15)14-6-5-8-3-4-9(13)7-10(8)14/h3-7,11,15H,2H2,1H3. The molecule has 0 aliphatic rings. The van der Waals surface area contributed by atoms with Crippen molar-refractivity contribution < 1.29 is 14.6 Å². The van der Waals surface area contributed by atoms with Gasteiger partial charge in [-0.1, -0.05) is 22.0 Å². The first-order chi connectivity index (χ1) is 8.13. The highest BCUT2D eigenvalue weighted by Gasteiger charge is 2.19. The van der Waals surface area contributed by atoms with Crippen molar-refractivity contribution >= 4 is 32.8 Å². The molecule has 0 aliphatic carbocycles. The summed E-state index contributed by atoms with van der Waals surface area (Å²) >= 11 is 3.36. The van der Waals surface area contributed by atoms with Crippen LogP contribution in [0.15, 0.2) is 34.9 Å². The SMILES string of the molecule is CCOC(=O)C(O)n1ccc2ccc(Br)cc21. The van der Waals surface area contributed by atoms with Crippen molar-refractivity contribution in [2.75, 3.05) is 6.61 Å². The summed E-state index contributed by atoms with van der Waals surface area (Å²) in [6, 6.07) is 7.50. The quantitative estimate of drug-likeness (QED) is 0.886. The molecule has 0 aliphatic heterocycles. The fraction of sp³-hybridized carbons (Fsp3) is 0.250. The Morgan fingerprint density at radius 1 is 1.53 bits per heavy atom. The Morgan fingerprint density at radius 2 is 2.29 bits per heavy atom. The van der Waals surface area contributed by atoms with E-state index in [-0.39, 0.29) is 6.61 Å². The smallest absolute Gasteiger partial charge is 0.356 e. The van der Waals surface area contributed by atoms with Gasteiger partial charge in [0.2, 0.25) is 6.23 Å². The van der Waals surface area contributed by atoms with Crippen molar-refractivity contribution in [2.24, 2.45) is 0 Å². The summed E-state index contributed by atoms with van der Waals surface area (Å²) in [5.41, 5.74) is 0.778. The second-order valence-electron chi connectivity index (χ2n) is 3.55. The van der Waals surface area contributed by atoms with Gasteiger partial charge < -0.3 is 14.4 Å². The molecule has 5 heteroatoms. The number of aliphatic hydroxyl groups excluding tert-OH is 1. The van der Waals surface area contributed by atoms with E-state index in [1.807, 2.05) is 24.3 Å². The Morgan fingerprint density at radius 3 is 3.00 bits per heavy atom. The summed E-state index contributed by atoms with van der Waals surface area (Å²) in [6.07, 6.45) is 0.361. The van der Waals surface area contributed by atoms with E-state index in [9.17, 15) is 9.90 Å². The number of aliphatic hydroxyl groups is 1. The lowest BCUT2D eigenvalue weighted by molar-refractivity contribution is -0.157. The van der Waals surface area contributed by atoms with Crippen molar-refractivity contribution in [1.82, 2.24) is 4.57 Å². The number of aromatic nitrogens is 1. The van der Waals surface area contributed by atoms with Gasteiger partial charge in [0.05, 0.1) is 12.1 Å². The predicted octanol–water partition coefficient (Wildman–Crippen LogP) is 2.46. The minimum atomic E-state index is -1.30. The summed E-state index contributed by atoms with van der Waals surface area (Å²) in [5.74, 6) is -0.648. The van der Waals surface area contributed by atoms with Crippen LogP contribution in [0.4, 0.5) is 0 Å². The van der Waals surface area contributed by atoms with Gasteiger partial charge in [-0.15, -0.1) is 0 Å². The van der Waals surface area contributed by atoms with E-state index >= 15 is 0 Å². The normalized spacial score (nSPS) is 12.6. The lowest BCUT2D eigenvalue weighted by Gasteiger charge is -2.12. The maximum absolute atomic E-state index is 11.5. The van der Waals surface area contributed by atoms with Crippen LogP contribution < -0.4 is 0 Å². The molecule has 0 radical (unpaired) electrons. The molecule has 0 saturated heterocycles. The third-order valence-corrected chi connectivity index (χ3v) is 2.94. The average Bonchev–Trinajstić information content (AvgIpc) is 2.71. The second-order valence-corrected chi connectivity index (χ2v) is 4.47. The molecule has 1 heterocycles. The van der Waals surface area contributed by atoms with Crippen LogP contribution in [0.25, 0.3) is 10.9 Å². The van der Waals surface area contributed by atoms with Crippen LogP contribution in [0.3, 0.4) is 0 Å². The molecular weight excluding hydrogens is 286 g/mol. The van der Waals surface area contributed by atoms with E-state index in [2.05, 4.69) is 15.9 Å². The average molecular weight is 298 g/mol. The first-order valence-electron chi connectivity index (χ1n) is 5.24. The van der Waals surface area contributed by atoms with Crippen LogP contribution in [-0.4, -0.2) is 22.2 Å². The molecule has 1 aromatic carbocycles. The Balaban J connectivity index is 2.41. The van der Waals surface area contributed by atoms with Gasteiger partial charge in [-0.3, -0.25) is 0 Å². The highest BCUT2D eigenvalue weighted by atomic mass is 79.9. The van der Waals surface area contributed by atoms with Crippen molar-refractivity contribution in [3.05, 3.63) is 34.9 Å². The number of ether oxygens (including phenoxy) is 1. The molecule has 2 rings (SSSR count). The highest BCUT2D eigenvalue weighted by molar-refractivity contribution is 9.10. The third kappa shape index (κ3) is 2.35. The largest absolute Gasteiger partial charge is 0.463 e. The number of rotatable bonds is 3. The minimum absolute atomic E-state index is 0.249. The van der Waals surface area contributed by atoms with Crippen LogP contribution in [0.5, 0.6) is 0 Å². The number of nitrogens with zero attached hydrogens (tertiary/aromatic N) is 1. The van der Waals surface area contributed by atoms with Crippen molar-refractivity contribution in [2.45, 2.75) is 13.2 Å². The number of carbonyl (C=O) groups excluding carboxylic acids is 1. The molecule has 0 spiro atoms. The van der Waals surface area contributed by atoms with Gasteiger partial charge in [0.1, 0.15) is 0 Å². The fourth-order valence-corrected chi connectivity index (χ4v) is 2.01. The molecule has 0 bridgehead atoms. The molecule has 0 amide bonds. The van der Waals surface area contributed by atoms with Crippen LogP contribution in [0.2, 0.25) is 0 Å². The summed E-state index contributed by atoms with van der Waals surface area (Å²) in [7, 11) is 0. The van der Waals surface area contributed by atoms with E-state index in [0.29, 0.717) is 0 Å². The van der Waals surface area contributed by atoms with Crippen LogP contribution >= 0.6 is 15.9 Å².